The Hall–Kier alpha value is -3.24. The van der Waals surface area contributed by atoms with Crippen LogP contribution >= 0.6 is 0 Å². The van der Waals surface area contributed by atoms with E-state index in [-0.39, 0.29) is 40.7 Å². The van der Waals surface area contributed by atoms with Crippen LogP contribution in [0, 0.1) is 11.8 Å². The Labute approximate surface area is 231 Å². The summed E-state index contributed by atoms with van der Waals surface area (Å²) in [5.41, 5.74) is -0.211. The number of hydrogen-bond donors (Lipinski definition) is 2. The molecule has 3 heterocycles. The molecular formula is C27H33N7O4S. The van der Waals surface area contributed by atoms with Crippen molar-refractivity contribution in [3.05, 3.63) is 41.7 Å². The number of carbonyl (C=O) groups is 1. The Bertz CT molecular complexity index is 1620. The summed E-state index contributed by atoms with van der Waals surface area (Å²) in [6.45, 7) is 0.213. The van der Waals surface area contributed by atoms with E-state index in [2.05, 4.69) is 26.7 Å². The van der Waals surface area contributed by atoms with Gasteiger partial charge in [0.2, 0.25) is 16.0 Å². The number of β-amino-alcohol motifs (C(OH)–C–C–N with tert-alkyl or cyclic N) is 1. The van der Waals surface area contributed by atoms with Crippen LogP contribution in [-0.4, -0.2) is 88.8 Å². The summed E-state index contributed by atoms with van der Waals surface area (Å²) >= 11 is 0. The highest BCUT2D eigenvalue weighted by molar-refractivity contribution is 7.89. The maximum absolute atomic E-state index is 14.0. The van der Waals surface area contributed by atoms with Gasteiger partial charge in [-0.1, -0.05) is 11.8 Å². The number of aliphatic imine (C=N–C) groups is 1. The number of guanidine groups is 1. The molecule has 1 aromatic carbocycles. The van der Waals surface area contributed by atoms with Crippen LogP contribution in [0.5, 0.6) is 0 Å². The number of aliphatic hydroxyl groups is 1. The number of carbonyl (C=O) groups excluding carboxylic acids is 1. The first kappa shape index (κ1) is 23.6. The Morgan fingerprint density at radius 2 is 2.08 bits per heavy atom. The number of fused-ring (bicyclic) bond motifs is 3. The summed E-state index contributed by atoms with van der Waals surface area (Å²) < 4.78 is 48.6. The summed E-state index contributed by atoms with van der Waals surface area (Å²) in [5.74, 6) is 6.09. The van der Waals surface area contributed by atoms with Crippen molar-refractivity contribution in [1.82, 2.24) is 24.3 Å². The average Bonchev–Trinajstić information content (AvgIpc) is 3.76. The fourth-order valence-electron chi connectivity index (χ4n) is 4.99. The van der Waals surface area contributed by atoms with Gasteiger partial charge in [0.15, 0.2) is 0 Å². The third-order valence-electron chi connectivity index (χ3n) is 7.79. The number of amides is 1. The van der Waals surface area contributed by atoms with Gasteiger partial charge in [0, 0.05) is 30.9 Å². The van der Waals surface area contributed by atoms with Crippen molar-refractivity contribution in [1.29, 1.82) is 0 Å². The molecule has 2 saturated carbocycles. The monoisotopic (exact) mass is 553 g/mol. The molecule has 0 unspecified atom stereocenters. The molecule has 0 saturated heterocycles. The summed E-state index contributed by atoms with van der Waals surface area (Å²) in [4.78, 5) is 23.3. The van der Waals surface area contributed by atoms with E-state index in [0.717, 1.165) is 30.6 Å². The number of sulfonamides is 1. The lowest BCUT2D eigenvalue weighted by Gasteiger charge is -2.37. The molecule has 0 bridgehead atoms. The molecule has 2 aromatic rings. The number of benzene rings is 1. The summed E-state index contributed by atoms with van der Waals surface area (Å²) in [7, 11) is -0.338. The fourth-order valence-corrected chi connectivity index (χ4v) is 6.48. The van der Waals surface area contributed by atoms with Crippen LogP contribution in [-0.2, 0) is 23.6 Å². The van der Waals surface area contributed by atoms with Crippen LogP contribution in [0.3, 0.4) is 0 Å². The Kier molecular flexibility index (Phi) is 5.55. The van der Waals surface area contributed by atoms with Crippen molar-refractivity contribution in [2.45, 2.75) is 61.1 Å². The Morgan fingerprint density at radius 3 is 2.72 bits per heavy atom. The second-order valence-electron chi connectivity index (χ2n) is 11.0. The Morgan fingerprint density at radius 1 is 1.31 bits per heavy atom. The fraction of sp³-hybridized carbons (Fsp3) is 0.519. The smallest absolute Gasteiger partial charge is 0.263 e. The van der Waals surface area contributed by atoms with Gasteiger partial charge in [0.1, 0.15) is 6.04 Å². The van der Waals surface area contributed by atoms with E-state index in [1.165, 1.54) is 29.2 Å². The highest BCUT2D eigenvalue weighted by Gasteiger charge is 2.46. The highest BCUT2D eigenvalue weighted by Crippen LogP contribution is 2.41. The molecule has 2 fully saturated rings. The molecule has 11 nitrogen and oxygen atoms in total. The van der Waals surface area contributed by atoms with E-state index >= 15 is 0 Å². The van der Waals surface area contributed by atoms with Crippen LogP contribution in [0.25, 0.3) is 0 Å². The van der Waals surface area contributed by atoms with Crippen LogP contribution in [0.2, 0.25) is 0 Å². The van der Waals surface area contributed by atoms with Crippen molar-refractivity contribution in [3.63, 3.8) is 0 Å². The molecule has 2 aliphatic carbocycles. The molecular weight excluding hydrogens is 518 g/mol. The lowest BCUT2D eigenvalue weighted by molar-refractivity contribution is 0.0833. The number of aromatic nitrogens is 2. The third-order valence-corrected chi connectivity index (χ3v) is 9.43. The molecule has 2 N–H and O–H groups in total. The normalized spacial score (nSPS) is 23.4. The molecule has 39 heavy (non-hydrogen) atoms. The van der Waals surface area contributed by atoms with Crippen molar-refractivity contribution in [2.75, 3.05) is 31.6 Å². The molecule has 12 heteroatoms. The van der Waals surface area contributed by atoms with Gasteiger partial charge in [0.05, 0.1) is 50.3 Å². The first-order valence-electron chi connectivity index (χ1n) is 14.0. The number of nitrogens with one attached hydrogen (secondary N) is 1. The van der Waals surface area contributed by atoms with Crippen LogP contribution in [0.1, 0.15) is 51.3 Å². The van der Waals surface area contributed by atoms with Gasteiger partial charge < -0.3 is 5.11 Å². The minimum Gasteiger partial charge on any atom is -0.395 e. The lowest BCUT2D eigenvalue weighted by Crippen LogP contribution is -2.52. The maximum atomic E-state index is 14.0. The van der Waals surface area contributed by atoms with Gasteiger partial charge in [0.25, 0.3) is 5.91 Å². The number of anilines is 1. The summed E-state index contributed by atoms with van der Waals surface area (Å²) in [5, 5.41) is 13.5. The third kappa shape index (κ3) is 4.74. The number of nitrogens with zero attached hydrogens (tertiary/aromatic N) is 6. The number of aliphatic hydroxyl groups excluding tert-OH is 1. The minimum atomic E-state index is -3.92. The molecule has 0 spiro atoms. The SMILES string of the molecule is [2H]C([2H])(c1cnn(C)c1)N1C(=O)c2cc(S(=O)(=O)NC3(C)CC3)ccc2N2C1=NC[C@H]2C#CC1(N(C)CCO)CC1. The van der Waals surface area contributed by atoms with Gasteiger partial charge in [-0.25, -0.2) is 18.1 Å². The minimum absolute atomic E-state index is 0.0237. The Balaban J connectivity index is 1.43. The first-order valence-corrected chi connectivity index (χ1v) is 14.5. The zero-order valence-electron chi connectivity index (χ0n) is 24.2. The summed E-state index contributed by atoms with van der Waals surface area (Å²) in [6.07, 6.45) is 6.06. The van der Waals surface area contributed by atoms with Gasteiger partial charge in [-0.15, -0.1) is 0 Å². The van der Waals surface area contributed by atoms with Gasteiger partial charge in [-0.3, -0.25) is 24.2 Å². The zero-order chi connectivity index (χ0) is 29.4. The predicted molar refractivity (Wildman–Crippen MR) is 146 cm³/mol. The molecule has 1 aromatic heterocycles. The van der Waals surface area contributed by atoms with Crippen LogP contribution in [0.4, 0.5) is 5.69 Å². The molecule has 4 aliphatic rings. The van der Waals surface area contributed by atoms with Crippen molar-refractivity contribution < 1.29 is 21.1 Å². The standard InChI is InChI=1S/C27H33N7O4S/c1-26(8-9-26)30-39(37,38)21-4-5-23-22(14-21)24(36)33(18-19-15-29-32(3)17-19)25-28-16-20(34(23)25)6-7-27(10-11-27)31(2)12-13-35/h4-5,14-15,17,20,30,35H,8-13,16,18H2,1-3H3/t20-/m1/s1/i18D2. The molecule has 0 radical (unpaired) electrons. The van der Waals surface area contributed by atoms with Crippen molar-refractivity contribution >= 4 is 27.6 Å². The second-order valence-corrected chi connectivity index (χ2v) is 12.7. The first-order chi connectivity index (χ1) is 19.3. The lowest BCUT2D eigenvalue weighted by atomic mass is 10.1. The van der Waals surface area contributed by atoms with Gasteiger partial charge in [-0.2, -0.15) is 5.10 Å². The van der Waals surface area contributed by atoms with Crippen LogP contribution < -0.4 is 9.62 Å². The van der Waals surface area contributed by atoms with E-state index in [9.17, 15) is 18.3 Å². The number of likely N-dealkylation sites (N-methyl/N-ethyl adjacent to an activating group) is 1. The molecule has 6 rings (SSSR count). The predicted octanol–water partition coefficient (Wildman–Crippen LogP) is 0.912. The molecule has 2 aliphatic heterocycles. The summed E-state index contributed by atoms with van der Waals surface area (Å²) in [6, 6.07) is 3.85. The number of hydrogen-bond acceptors (Lipinski definition) is 8. The zero-order valence-corrected chi connectivity index (χ0v) is 23.0. The van der Waals surface area contributed by atoms with E-state index in [1.807, 2.05) is 18.9 Å². The number of rotatable bonds is 8. The second kappa shape index (κ2) is 9.16. The van der Waals surface area contributed by atoms with E-state index in [4.69, 9.17) is 2.74 Å². The number of aryl methyl sites for hydroxylation is 1. The van der Waals surface area contributed by atoms with E-state index < -0.39 is 34.0 Å². The van der Waals surface area contributed by atoms with E-state index in [1.54, 1.807) is 18.0 Å². The topological polar surface area (TPSA) is 123 Å². The molecule has 1 amide bonds. The maximum Gasteiger partial charge on any atom is 0.263 e. The van der Waals surface area contributed by atoms with Gasteiger partial charge >= 0.3 is 0 Å². The highest BCUT2D eigenvalue weighted by atomic mass is 32.2. The van der Waals surface area contributed by atoms with E-state index in [0.29, 0.717) is 12.2 Å². The quantitative estimate of drug-likeness (QED) is 0.466. The van der Waals surface area contributed by atoms with Crippen molar-refractivity contribution in [3.8, 4) is 11.8 Å². The largest absolute Gasteiger partial charge is 0.395 e. The van der Waals surface area contributed by atoms with Crippen molar-refractivity contribution in [2.24, 2.45) is 12.0 Å². The van der Waals surface area contributed by atoms with Gasteiger partial charge in [-0.05, 0) is 57.9 Å². The van der Waals surface area contributed by atoms with Crippen LogP contribution in [0.15, 0.2) is 40.5 Å². The average molecular weight is 554 g/mol. The molecule has 206 valence electrons. The molecule has 1 atom stereocenters.